The number of carbonyl (C=O) groups excluding carboxylic acids is 1. The Bertz CT molecular complexity index is 453. The van der Waals surface area contributed by atoms with Crippen molar-refractivity contribution in [1.29, 1.82) is 0 Å². The first kappa shape index (κ1) is 16.0. The van der Waals surface area contributed by atoms with Crippen LogP contribution >= 0.6 is 12.4 Å². The smallest absolute Gasteiger partial charge is 0.244 e. The van der Waals surface area contributed by atoms with Gasteiger partial charge in [0.25, 0.3) is 0 Å². The van der Waals surface area contributed by atoms with E-state index in [2.05, 4.69) is 23.6 Å². The van der Waals surface area contributed by atoms with Gasteiger partial charge in [0.05, 0.1) is 5.54 Å². The van der Waals surface area contributed by atoms with Crippen LogP contribution in [0.4, 0.5) is 5.69 Å². The zero-order chi connectivity index (χ0) is 13.2. The van der Waals surface area contributed by atoms with E-state index in [4.69, 9.17) is 0 Å². The minimum atomic E-state index is -0.422. The summed E-state index contributed by atoms with van der Waals surface area (Å²) in [6.45, 7) is 7.02. The Kier molecular flexibility index (Phi) is 5.39. The van der Waals surface area contributed by atoms with Gasteiger partial charge in [-0.1, -0.05) is 12.1 Å². The molecule has 106 valence electrons. The quantitative estimate of drug-likeness (QED) is 0.875. The van der Waals surface area contributed by atoms with Gasteiger partial charge < -0.3 is 10.6 Å². The van der Waals surface area contributed by atoms with E-state index in [1.54, 1.807) is 0 Å². The topological polar surface area (TPSA) is 41.1 Å². The van der Waals surface area contributed by atoms with E-state index in [9.17, 15) is 4.79 Å². The second-order valence-electron chi connectivity index (χ2n) is 5.42. The summed E-state index contributed by atoms with van der Waals surface area (Å²) in [5.41, 5.74) is 2.85. The SMILES string of the molecule is Cc1cccc(NC(=O)C2(C)CCCCN2)c1C.Cl. The van der Waals surface area contributed by atoms with Gasteiger partial charge in [-0.2, -0.15) is 0 Å². The van der Waals surface area contributed by atoms with Gasteiger partial charge in [0, 0.05) is 5.69 Å². The second-order valence-corrected chi connectivity index (χ2v) is 5.42. The fraction of sp³-hybridized carbons (Fsp3) is 0.533. The van der Waals surface area contributed by atoms with Crippen molar-refractivity contribution in [3.63, 3.8) is 0 Å². The van der Waals surface area contributed by atoms with Gasteiger partial charge in [-0.25, -0.2) is 0 Å². The number of anilines is 1. The first-order valence-corrected chi connectivity index (χ1v) is 6.66. The van der Waals surface area contributed by atoms with E-state index >= 15 is 0 Å². The van der Waals surface area contributed by atoms with Crippen LogP contribution < -0.4 is 10.6 Å². The summed E-state index contributed by atoms with van der Waals surface area (Å²) in [7, 11) is 0. The Morgan fingerprint density at radius 2 is 2.05 bits per heavy atom. The van der Waals surface area contributed by atoms with Gasteiger partial charge in [0.15, 0.2) is 0 Å². The Labute approximate surface area is 121 Å². The molecule has 1 aromatic carbocycles. The van der Waals surface area contributed by atoms with E-state index in [0.717, 1.165) is 37.1 Å². The Morgan fingerprint density at radius 1 is 1.32 bits per heavy atom. The lowest BCUT2D eigenvalue weighted by Gasteiger charge is -2.33. The average Bonchev–Trinajstić information content (AvgIpc) is 2.36. The van der Waals surface area contributed by atoms with Gasteiger partial charge in [0.1, 0.15) is 0 Å². The molecule has 1 unspecified atom stereocenters. The minimum Gasteiger partial charge on any atom is -0.324 e. The van der Waals surface area contributed by atoms with Gasteiger partial charge in [-0.15, -0.1) is 12.4 Å². The summed E-state index contributed by atoms with van der Waals surface area (Å²) < 4.78 is 0. The second kappa shape index (κ2) is 6.40. The highest BCUT2D eigenvalue weighted by molar-refractivity contribution is 5.98. The van der Waals surface area contributed by atoms with Crippen LogP contribution in [-0.4, -0.2) is 18.0 Å². The third kappa shape index (κ3) is 3.48. The van der Waals surface area contributed by atoms with Crippen LogP contribution in [0, 0.1) is 13.8 Å². The van der Waals surface area contributed by atoms with Gasteiger partial charge in [0.2, 0.25) is 5.91 Å². The fourth-order valence-corrected chi connectivity index (χ4v) is 2.40. The predicted molar refractivity (Wildman–Crippen MR) is 82.1 cm³/mol. The summed E-state index contributed by atoms with van der Waals surface area (Å²) in [5.74, 6) is 0.0795. The molecule has 1 amide bonds. The van der Waals surface area contributed by atoms with Crippen LogP contribution in [0.25, 0.3) is 0 Å². The molecule has 1 saturated heterocycles. The molecule has 4 heteroatoms. The highest BCUT2D eigenvalue weighted by Gasteiger charge is 2.34. The van der Waals surface area contributed by atoms with E-state index in [-0.39, 0.29) is 18.3 Å². The van der Waals surface area contributed by atoms with Crippen molar-refractivity contribution in [2.75, 3.05) is 11.9 Å². The number of aryl methyl sites for hydroxylation is 1. The molecule has 1 aromatic rings. The number of rotatable bonds is 2. The molecule has 1 heterocycles. The molecule has 0 bridgehead atoms. The van der Waals surface area contributed by atoms with Crippen molar-refractivity contribution in [1.82, 2.24) is 5.32 Å². The summed E-state index contributed by atoms with van der Waals surface area (Å²) in [5, 5.41) is 6.40. The summed E-state index contributed by atoms with van der Waals surface area (Å²) in [6, 6.07) is 6.01. The molecular formula is C15H23ClN2O. The zero-order valence-electron chi connectivity index (χ0n) is 11.9. The van der Waals surface area contributed by atoms with Crippen molar-refractivity contribution >= 4 is 24.0 Å². The molecule has 2 rings (SSSR count). The largest absolute Gasteiger partial charge is 0.324 e. The predicted octanol–water partition coefficient (Wildman–Crippen LogP) is 3.20. The Hall–Kier alpha value is -1.06. The third-order valence-electron chi connectivity index (χ3n) is 3.97. The molecule has 2 N–H and O–H groups in total. The maximum absolute atomic E-state index is 12.4. The maximum atomic E-state index is 12.4. The standard InChI is InChI=1S/C15H22N2O.ClH/c1-11-7-6-8-13(12(11)2)17-14(18)15(3)9-4-5-10-16-15;/h6-8,16H,4-5,9-10H2,1-3H3,(H,17,18);1H. The summed E-state index contributed by atoms with van der Waals surface area (Å²) in [6.07, 6.45) is 3.18. The molecule has 0 aromatic heterocycles. The highest BCUT2D eigenvalue weighted by Crippen LogP contribution is 2.23. The van der Waals surface area contributed by atoms with Crippen molar-refractivity contribution in [3.8, 4) is 0 Å². The summed E-state index contributed by atoms with van der Waals surface area (Å²) in [4.78, 5) is 12.4. The van der Waals surface area contributed by atoms with Gasteiger partial charge >= 0.3 is 0 Å². The minimum absolute atomic E-state index is 0. The van der Waals surface area contributed by atoms with E-state index in [1.807, 2.05) is 26.0 Å². The zero-order valence-corrected chi connectivity index (χ0v) is 12.7. The number of nitrogens with one attached hydrogen (secondary N) is 2. The average molecular weight is 283 g/mol. The third-order valence-corrected chi connectivity index (χ3v) is 3.97. The van der Waals surface area contributed by atoms with E-state index in [0.29, 0.717) is 0 Å². The molecule has 1 aliphatic rings. The number of hydrogen-bond donors (Lipinski definition) is 2. The van der Waals surface area contributed by atoms with Crippen LogP contribution in [0.1, 0.15) is 37.3 Å². The van der Waals surface area contributed by atoms with Crippen molar-refractivity contribution < 1.29 is 4.79 Å². The normalized spacial score (nSPS) is 22.5. The first-order valence-electron chi connectivity index (χ1n) is 6.66. The lowest BCUT2D eigenvalue weighted by atomic mass is 9.90. The van der Waals surface area contributed by atoms with Crippen LogP contribution in [-0.2, 0) is 4.79 Å². The molecule has 0 spiro atoms. The van der Waals surface area contributed by atoms with Crippen LogP contribution in [0.5, 0.6) is 0 Å². The molecule has 0 radical (unpaired) electrons. The Balaban J connectivity index is 0.00000180. The van der Waals surface area contributed by atoms with E-state index < -0.39 is 5.54 Å². The van der Waals surface area contributed by atoms with Gasteiger partial charge in [-0.05, 0) is 63.8 Å². The van der Waals surface area contributed by atoms with Crippen LogP contribution in [0.3, 0.4) is 0 Å². The highest BCUT2D eigenvalue weighted by atomic mass is 35.5. The number of hydrogen-bond acceptors (Lipinski definition) is 2. The lowest BCUT2D eigenvalue weighted by Crippen LogP contribution is -2.54. The van der Waals surface area contributed by atoms with Crippen LogP contribution in [0.2, 0.25) is 0 Å². The molecule has 0 aliphatic carbocycles. The number of piperidine rings is 1. The van der Waals surface area contributed by atoms with Crippen molar-refractivity contribution in [2.45, 2.75) is 45.6 Å². The number of amides is 1. The van der Waals surface area contributed by atoms with Gasteiger partial charge in [-0.3, -0.25) is 4.79 Å². The molecule has 19 heavy (non-hydrogen) atoms. The maximum Gasteiger partial charge on any atom is 0.244 e. The number of benzene rings is 1. The van der Waals surface area contributed by atoms with Crippen LogP contribution in [0.15, 0.2) is 18.2 Å². The van der Waals surface area contributed by atoms with Crippen molar-refractivity contribution in [2.24, 2.45) is 0 Å². The molecule has 1 aliphatic heterocycles. The number of halogens is 1. The van der Waals surface area contributed by atoms with E-state index in [1.165, 1.54) is 5.56 Å². The Morgan fingerprint density at radius 3 is 2.68 bits per heavy atom. The molecule has 3 nitrogen and oxygen atoms in total. The molecule has 0 saturated carbocycles. The molecule has 1 atom stereocenters. The summed E-state index contributed by atoms with van der Waals surface area (Å²) >= 11 is 0. The number of carbonyl (C=O) groups is 1. The monoisotopic (exact) mass is 282 g/mol. The molecule has 1 fully saturated rings. The first-order chi connectivity index (χ1) is 8.53. The lowest BCUT2D eigenvalue weighted by molar-refractivity contribution is -0.122. The molecular weight excluding hydrogens is 260 g/mol. The van der Waals surface area contributed by atoms with Crippen molar-refractivity contribution in [3.05, 3.63) is 29.3 Å². The fourth-order valence-electron chi connectivity index (χ4n) is 2.40.